The molecule has 1 unspecified atom stereocenters. The SMILES string of the molecule is CC(C(=O)N1CCc2ccccc2C1)n1cc(-c2cnn3c2CNCC3)nn1. The lowest BCUT2D eigenvalue weighted by atomic mass is 9.99. The first kappa shape index (κ1) is 17.1. The minimum absolute atomic E-state index is 0.0738. The number of carbonyl (C=O) groups is 1. The van der Waals surface area contributed by atoms with Gasteiger partial charge in [0.05, 0.1) is 24.6 Å². The van der Waals surface area contributed by atoms with E-state index in [4.69, 9.17) is 0 Å². The van der Waals surface area contributed by atoms with Crippen LogP contribution in [0, 0.1) is 0 Å². The summed E-state index contributed by atoms with van der Waals surface area (Å²) in [4.78, 5) is 15.0. The molecular formula is C20H23N7O. The maximum atomic E-state index is 13.0. The Balaban J connectivity index is 1.34. The zero-order valence-corrected chi connectivity index (χ0v) is 15.9. The molecule has 4 heterocycles. The lowest BCUT2D eigenvalue weighted by Gasteiger charge is -2.30. The summed E-state index contributed by atoms with van der Waals surface area (Å²) >= 11 is 0. The zero-order chi connectivity index (χ0) is 19.1. The lowest BCUT2D eigenvalue weighted by molar-refractivity contribution is -0.135. The number of hydrogen-bond donors (Lipinski definition) is 1. The fourth-order valence-electron chi connectivity index (χ4n) is 4.05. The van der Waals surface area contributed by atoms with Crippen molar-refractivity contribution in [3.63, 3.8) is 0 Å². The Hall–Kier alpha value is -3.00. The first-order chi connectivity index (χ1) is 13.7. The third-order valence-corrected chi connectivity index (χ3v) is 5.72. The molecule has 1 N–H and O–H groups in total. The standard InChI is InChI=1S/C20H23N7O/c1-14(20(28)25-8-6-15-4-2-3-5-16(15)12-25)27-13-18(23-24-27)17-10-22-26-9-7-21-11-19(17)26/h2-5,10,13-14,21H,6-9,11-12H2,1H3. The molecule has 0 bridgehead atoms. The molecule has 1 atom stereocenters. The van der Waals surface area contributed by atoms with Gasteiger partial charge < -0.3 is 10.2 Å². The second-order valence-corrected chi connectivity index (χ2v) is 7.44. The van der Waals surface area contributed by atoms with E-state index < -0.39 is 6.04 Å². The maximum absolute atomic E-state index is 13.0. The van der Waals surface area contributed by atoms with Crippen molar-refractivity contribution in [1.82, 2.24) is 35.0 Å². The fourth-order valence-corrected chi connectivity index (χ4v) is 4.05. The number of nitrogens with zero attached hydrogens (tertiary/aromatic N) is 6. The van der Waals surface area contributed by atoms with Crippen LogP contribution in [0.3, 0.4) is 0 Å². The number of aromatic nitrogens is 5. The van der Waals surface area contributed by atoms with Gasteiger partial charge in [-0.1, -0.05) is 29.5 Å². The van der Waals surface area contributed by atoms with Gasteiger partial charge in [0.15, 0.2) is 0 Å². The van der Waals surface area contributed by atoms with Crippen molar-refractivity contribution >= 4 is 5.91 Å². The number of benzene rings is 1. The molecule has 1 aromatic carbocycles. The molecule has 8 nitrogen and oxygen atoms in total. The second-order valence-electron chi connectivity index (χ2n) is 7.44. The molecule has 0 radical (unpaired) electrons. The zero-order valence-electron chi connectivity index (χ0n) is 15.9. The number of nitrogens with one attached hydrogen (secondary N) is 1. The Kier molecular flexibility index (Phi) is 4.20. The monoisotopic (exact) mass is 377 g/mol. The molecule has 144 valence electrons. The summed E-state index contributed by atoms with van der Waals surface area (Å²) in [5.41, 5.74) is 5.41. The third-order valence-electron chi connectivity index (χ3n) is 5.72. The van der Waals surface area contributed by atoms with Gasteiger partial charge in [0, 0.05) is 31.7 Å². The summed E-state index contributed by atoms with van der Waals surface area (Å²) < 4.78 is 3.67. The van der Waals surface area contributed by atoms with Crippen molar-refractivity contribution < 1.29 is 4.79 Å². The molecule has 1 amide bonds. The highest BCUT2D eigenvalue weighted by atomic mass is 16.2. The van der Waals surface area contributed by atoms with Gasteiger partial charge in [0.1, 0.15) is 11.7 Å². The minimum Gasteiger partial charge on any atom is -0.336 e. The van der Waals surface area contributed by atoms with Gasteiger partial charge in [-0.2, -0.15) is 5.10 Å². The molecular weight excluding hydrogens is 354 g/mol. The average Bonchev–Trinajstić information content (AvgIpc) is 3.39. The van der Waals surface area contributed by atoms with Crippen LogP contribution in [0.5, 0.6) is 0 Å². The summed E-state index contributed by atoms with van der Waals surface area (Å²) in [5.74, 6) is 0.0738. The van der Waals surface area contributed by atoms with Gasteiger partial charge >= 0.3 is 0 Å². The van der Waals surface area contributed by atoms with E-state index in [1.54, 1.807) is 4.68 Å². The van der Waals surface area contributed by atoms with Gasteiger partial charge in [-0.25, -0.2) is 4.68 Å². The van der Waals surface area contributed by atoms with E-state index >= 15 is 0 Å². The van der Waals surface area contributed by atoms with Crippen LogP contribution in [0.2, 0.25) is 0 Å². The summed E-state index contributed by atoms with van der Waals surface area (Å²) in [6.07, 6.45) is 4.59. The molecule has 0 fully saturated rings. The van der Waals surface area contributed by atoms with Crippen molar-refractivity contribution in [1.29, 1.82) is 0 Å². The van der Waals surface area contributed by atoms with Crippen LogP contribution in [0.25, 0.3) is 11.3 Å². The average molecular weight is 377 g/mol. The number of rotatable bonds is 3. The van der Waals surface area contributed by atoms with Crippen LogP contribution < -0.4 is 5.32 Å². The summed E-state index contributed by atoms with van der Waals surface area (Å²) in [6, 6.07) is 7.94. The van der Waals surface area contributed by atoms with Crippen LogP contribution in [-0.2, 0) is 30.8 Å². The Labute approximate surface area is 163 Å². The third kappa shape index (κ3) is 2.90. The van der Waals surface area contributed by atoms with Crippen molar-refractivity contribution in [3.05, 3.63) is 53.5 Å². The normalized spacial score (nSPS) is 17.1. The topological polar surface area (TPSA) is 80.9 Å². The van der Waals surface area contributed by atoms with E-state index in [-0.39, 0.29) is 5.91 Å². The van der Waals surface area contributed by atoms with Gasteiger partial charge in [0.25, 0.3) is 0 Å². The predicted octanol–water partition coefficient (Wildman–Crippen LogP) is 1.39. The predicted molar refractivity (Wildman–Crippen MR) is 103 cm³/mol. The largest absolute Gasteiger partial charge is 0.336 e. The van der Waals surface area contributed by atoms with E-state index in [0.717, 1.165) is 49.6 Å². The van der Waals surface area contributed by atoms with Crippen LogP contribution >= 0.6 is 0 Å². The first-order valence-corrected chi connectivity index (χ1v) is 9.74. The maximum Gasteiger partial charge on any atom is 0.247 e. The van der Waals surface area contributed by atoms with E-state index in [0.29, 0.717) is 6.54 Å². The van der Waals surface area contributed by atoms with Crippen molar-refractivity contribution in [2.45, 2.75) is 39.0 Å². The molecule has 0 saturated heterocycles. The Morgan fingerprint density at radius 1 is 1.21 bits per heavy atom. The van der Waals surface area contributed by atoms with Crippen LogP contribution in [-0.4, -0.2) is 48.7 Å². The first-order valence-electron chi connectivity index (χ1n) is 9.74. The van der Waals surface area contributed by atoms with Crippen LogP contribution in [0.15, 0.2) is 36.7 Å². The highest BCUT2D eigenvalue weighted by Gasteiger charge is 2.27. The number of amides is 1. The minimum atomic E-state index is -0.393. The molecule has 0 saturated carbocycles. The Morgan fingerprint density at radius 2 is 2.07 bits per heavy atom. The molecule has 3 aromatic rings. The van der Waals surface area contributed by atoms with E-state index in [1.807, 2.05) is 35.0 Å². The second kappa shape index (κ2) is 6.87. The van der Waals surface area contributed by atoms with E-state index in [1.165, 1.54) is 11.1 Å². The van der Waals surface area contributed by atoms with Crippen molar-refractivity contribution in [2.75, 3.05) is 13.1 Å². The van der Waals surface area contributed by atoms with E-state index in [9.17, 15) is 4.79 Å². The highest BCUT2D eigenvalue weighted by molar-refractivity contribution is 5.80. The summed E-state index contributed by atoms with van der Waals surface area (Å²) in [5, 5.41) is 16.4. The van der Waals surface area contributed by atoms with Gasteiger partial charge in [-0.15, -0.1) is 5.10 Å². The molecule has 0 aliphatic carbocycles. The van der Waals surface area contributed by atoms with Crippen LogP contribution in [0.4, 0.5) is 0 Å². The Morgan fingerprint density at radius 3 is 2.96 bits per heavy atom. The van der Waals surface area contributed by atoms with E-state index in [2.05, 4.69) is 38.9 Å². The van der Waals surface area contributed by atoms with Crippen molar-refractivity contribution in [2.24, 2.45) is 0 Å². The molecule has 5 rings (SSSR count). The van der Waals surface area contributed by atoms with Gasteiger partial charge in [0.2, 0.25) is 5.91 Å². The molecule has 0 spiro atoms. The number of fused-ring (bicyclic) bond motifs is 2. The van der Waals surface area contributed by atoms with Crippen molar-refractivity contribution in [3.8, 4) is 11.3 Å². The Bertz CT molecular complexity index is 1020. The number of hydrogen-bond acceptors (Lipinski definition) is 5. The molecule has 2 aliphatic rings. The summed E-state index contributed by atoms with van der Waals surface area (Å²) in [7, 11) is 0. The lowest BCUT2D eigenvalue weighted by Crippen LogP contribution is -2.39. The molecule has 2 aromatic heterocycles. The molecule has 28 heavy (non-hydrogen) atoms. The molecule has 2 aliphatic heterocycles. The van der Waals surface area contributed by atoms with Gasteiger partial charge in [-0.3, -0.25) is 9.48 Å². The highest BCUT2D eigenvalue weighted by Crippen LogP contribution is 2.25. The smallest absolute Gasteiger partial charge is 0.247 e. The summed E-state index contributed by atoms with van der Waals surface area (Å²) in [6.45, 7) is 5.83. The van der Waals surface area contributed by atoms with Crippen LogP contribution in [0.1, 0.15) is 29.8 Å². The molecule has 8 heteroatoms. The number of carbonyl (C=O) groups excluding carboxylic acids is 1. The van der Waals surface area contributed by atoms with Gasteiger partial charge in [-0.05, 0) is 24.5 Å². The quantitative estimate of drug-likeness (QED) is 0.746. The fraction of sp³-hybridized carbons (Fsp3) is 0.400.